The van der Waals surface area contributed by atoms with Crippen LogP contribution in [0.15, 0.2) is 9.85 Å². The first-order valence-electron chi connectivity index (χ1n) is 6.07. The van der Waals surface area contributed by atoms with Crippen LogP contribution in [-0.2, 0) is 0 Å². The highest BCUT2D eigenvalue weighted by Crippen LogP contribution is 2.40. The third kappa shape index (κ3) is 3.40. The number of hydrogen-bond acceptors (Lipinski definition) is 6. The Balaban J connectivity index is 1.88. The zero-order valence-electron chi connectivity index (χ0n) is 10.1. The molecule has 0 saturated heterocycles. The van der Waals surface area contributed by atoms with Crippen molar-refractivity contribution in [1.82, 2.24) is 15.5 Å². The van der Waals surface area contributed by atoms with Gasteiger partial charge in [0.2, 0.25) is 0 Å². The van der Waals surface area contributed by atoms with Gasteiger partial charge in [-0.2, -0.15) is 0 Å². The summed E-state index contributed by atoms with van der Waals surface area (Å²) in [6.07, 6.45) is 4.32. The Kier molecular flexibility index (Phi) is 4.78. The lowest BCUT2D eigenvalue weighted by Gasteiger charge is -2.28. The predicted octanol–water partition coefficient (Wildman–Crippen LogP) is 1.91. The largest absolute Gasteiger partial charge is 0.394 e. The summed E-state index contributed by atoms with van der Waals surface area (Å²) < 4.78 is 1.04. The summed E-state index contributed by atoms with van der Waals surface area (Å²) in [6.45, 7) is 3.37. The zero-order chi connectivity index (χ0) is 12.1. The minimum atomic E-state index is -0.0572. The number of aliphatic hydroxyl groups is 1. The number of aromatic nitrogens is 2. The second-order valence-electron chi connectivity index (χ2n) is 4.55. The number of nitrogens with one attached hydrogen (secondary N) is 1. The van der Waals surface area contributed by atoms with E-state index in [1.165, 1.54) is 0 Å². The lowest BCUT2D eigenvalue weighted by atomic mass is 9.99. The van der Waals surface area contributed by atoms with Crippen LogP contribution in [0.2, 0.25) is 0 Å². The molecule has 0 bridgehead atoms. The van der Waals surface area contributed by atoms with E-state index in [9.17, 15) is 5.11 Å². The van der Waals surface area contributed by atoms with Gasteiger partial charge in [-0.05, 0) is 32.2 Å². The van der Waals surface area contributed by atoms with Gasteiger partial charge in [0, 0.05) is 10.8 Å². The van der Waals surface area contributed by atoms with Gasteiger partial charge in [0.1, 0.15) is 5.51 Å². The molecule has 2 unspecified atom stereocenters. The quantitative estimate of drug-likeness (QED) is 0.829. The first-order chi connectivity index (χ1) is 8.28. The lowest BCUT2D eigenvalue weighted by Crippen LogP contribution is -2.46. The zero-order valence-corrected chi connectivity index (χ0v) is 11.7. The Hall–Kier alpha value is -0.170. The van der Waals surface area contributed by atoms with Crippen molar-refractivity contribution in [2.45, 2.75) is 47.7 Å². The molecule has 1 saturated carbocycles. The molecule has 1 aromatic heterocycles. The van der Waals surface area contributed by atoms with E-state index >= 15 is 0 Å². The Labute approximate surface area is 110 Å². The molecule has 0 spiro atoms. The number of thioether (sulfide) groups is 1. The molecule has 2 rings (SSSR count). The fourth-order valence-electron chi connectivity index (χ4n) is 2.28. The summed E-state index contributed by atoms with van der Waals surface area (Å²) in [5.41, 5.74) is 1.71. The fraction of sp³-hybridized carbons (Fsp3) is 0.818. The van der Waals surface area contributed by atoms with Gasteiger partial charge < -0.3 is 10.4 Å². The minimum absolute atomic E-state index is 0.0572. The number of rotatable bonds is 6. The second kappa shape index (κ2) is 6.13. The Morgan fingerprint density at radius 2 is 2.59 bits per heavy atom. The molecule has 1 fully saturated rings. The Morgan fingerprint density at radius 3 is 3.24 bits per heavy atom. The topological polar surface area (TPSA) is 58.0 Å². The van der Waals surface area contributed by atoms with E-state index in [1.807, 2.05) is 0 Å². The summed E-state index contributed by atoms with van der Waals surface area (Å²) >= 11 is 3.40. The molecular weight excluding hydrogens is 254 g/mol. The molecule has 17 heavy (non-hydrogen) atoms. The maximum atomic E-state index is 9.59. The van der Waals surface area contributed by atoms with E-state index in [2.05, 4.69) is 22.4 Å². The number of nitrogens with zero attached hydrogens (tertiary/aromatic N) is 2. The molecule has 0 aromatic carbocycles. The van der Waals surface area contributed by atoms with Crippen molar-refractivity contribution in [2.24, 2.45) is 0 Å². The van der Waals surface area contributed by atoms with Crippen molar-refractivity contribution < 1.29 is 5.11 Å². The fourth-order valence-corrected chi connectivity index (χ4v) is 4.34. The van der Waals surface area contributed by atoms with Crippen molar-refractivity contribution in [3.63, 3.8) is 0 Å². The van der Waals surface area contributed by atoms with Crippen LogP contribution in [-0.4, -0.2) is 39.2 Å². The molecule has 6 heteroatoms. The molecule has 96 valence electrons. The Morgan fingerprint density at radius 1 is 1.71 bits per heavy atom. The molecule has 4 nitrogen and oxygen atoms in total. The molecule has 2 N–H and O–H groups in total. The first-order valence-corrected chi connectivity index (χ1v) is 7.82. The van der Waals surface area contributed by atoms with E-state index in [1.54, 1.807) is 28.6 Å². The molecular formula is C11H19N3OS2. The van der Waals surface area contributed by atoms with Gasteiger partial charge in [-0.25, -0.2) is 0 Å². The van der Waals surface area contributed by atoms with Gasteiger partial charge in [-0.15, -0.1) is 10.2 Å². The highest BCUT2D eigenvalue weighted by Gasteiger charge is 2.38. The van der Waals surface area contributed by atoms with Crippen molar-refractivity contribution in [1.29, 1.82) is 0 Å². The number of aliphatic hydroxyl groups excluding tert-OH is 1. The highest BCUT2D eigenvalue weighted by atomic mass is 32.2. The molecule has 1 aliphatic carbocycles. The van der Waals surface area contributed by atoms with E-state index < -0.39 is 0 Å². The first kappa shape index (κ1) is 13.3. The van der Waals surface area contributed by atoms with Crippen LogP contribution >= 0.6 is 23.1 Å². The maximum absolute atomic E-state index is 9.59. The standard InChI is InChI=1S/C11H19N3OS2/c1-2-5-12-11(7-15)4-3-9(6-11)17-10-14-13-8-16-10/h8-9,12,15H,2-7H2,1H3. The van der Waals surface area contributed by atoms with E-state index in [-0.39, 0.29) is 12.1 Å². The summed E-state index contributed by atoms with van der Waals surface area (Å²) in [4.78, 5) is 0. The van der Waals surface area contributed by atoms with Crippen LogP contribution in [0.4, 0.5) is 0 Å². The third-order valence-electron chi connectivity index (χ3n) is 3.22. The van der Waals surface area contributed by atoms with Gasteiger partial charge in [0.25, 0.3) is 0 Å². The normalized spacial score (nSPS) is 28.7. The van der Waals surface area contributed by atoms with Crippen molar-refractivity contribution in [2.75, 3.05) is 13.2 Å². The summed E-state index contributed by atoms with van der Waals surface area (Å²) in [6, 6.07) is 0. The second-order valence-corrected chi connectivity index (χ2v) is 6.93. The Bertz CT molecular complexity index is 333. The molecule has 1 heterocycles. The summed E-state index contributed by atoms with van der Waals surface area (Å²) in [7, 11) is 0. The predicted molar refractivity (Wildman–Crippen MR) is 71.5 cm³/mol. The molecule has 1 aliphatic rings. The summed E-state index contributed by atoms with van der Waals surface area (Å²) in [5, 5.41) is 21.6. The van der Waals surface area contributed by atoms with Crippen LogP contribution in [0.3, 0.4) is 0 Å². The van der Waals surface area contributed by atoms with Gasteiger partial charge in [-0.1, -0.05) is 30.0 Å². The van der Waals surface area contributed by atoms with Crippen molar-refractivity contribution in [3.05, 3.63) is 5.51 Å². The van der Waals surface area contributed by atoms with Gasteiger partial charge in [0.15, 0.2) is 4.34 Å². The van der Waals surface area contributed by atoms with Gasteiger partial charge in [-0.3, -0.25) is 0 Å². The van der Waals surface area contributed by atoms with Crippen LogP contribution in [0.5, 0.6) is 0 Å². The van der Waals surface area contributed by atoms with Crippen LogP contribution in [0.1, 0.15) is 32.6 Å². The van der Waals surface area contributed by atoms with E-state index in [0.29, 0.717) is 5.25 Å². The van der Waals surface area contributed by atoms with Crippen molar-refractivity contribution in [3.8, 4) is 0 Å². The maximum Gasteiger partial charge on any atom is 0.174 e. The van der Waals surface area contributed by atoms with E-state index in [0.717, 1.165) is 36.6 Å². The summed E-state index contributed by atoms with van der Waals surface area (Å²) in [5.74, 6) is 0. The molecule has 0 aliphatic heterocycles. The smallest absolute Gasteiger partial charge is 0.174 e. The van der Waals surface area contributed by atoms with Crippen LogP contribution < -0.4 is 5.32 Å². The lowest BCUT2D eigenvalue weighted by molar-refractivity contribution is 0.165. The molecule has 2 atom stereocenters. The average molecular weight is 273 g/mol. The third-order valence-corrected chi connectivity index (χ3v) is 5.30. The van der Waals surface area contributed by atoms with Crippen LogP contribution in [0, 0.1) is 0 Å². The average Bonchev–Trinajstić information content (AvgIpc) is 2.98. The van der Waals surface area contributed by atoms with Crippen molar-refractivity contribution >= 4 is 23.1 Å². The monoisotopic (exact) mass is 273 g/mol. The molecule has 1 aromatic rings. The molecule has 0 radical (unpaired) electrons. The van der Waals surface area contributed by atoms with Gasteiger partial charge >= 0.3 is 0 Å². The van der Waals surface area contributed by atoms with E-state index in [4.69, 9.17) is 0 Å². The SMILES string of the molecule is CCCNC1(CO)CCC(Sc2nncs2)C1. The highest BCUT2D eigenvalue weighted by molar-refractivity contribution is 8.01. The van der Waals surface area contributed by atoms with Gasteiger partial charge in [0.05, 0.1) is 6.61 Å². The number of hydrogen-bond donors (Lipinski definition) is 2. The minimum Gasteiger partial charge on any atom is -0.394 e. The van der Waals surface area contributed by atoms with Crippen LogP contribution in [0.25, 0.3) is 0 Å². The molecule has 0 amide bonds.